The molecule has 1 aromatic rings. The van der Waals surface area contributed by atoms with E-state index >= 15 is 0 Å². The summed E-state index contributed by atoms with van der Waals surface area (Å²) in [6.07, 6.45) is 0.284. The lowest BCUT2D eigenvalue weighted by Gasteiger charge is -2.05. The standard InChI is InChI=1S/C10H10ClIO2/c1-2-14-9(13)6-7-4-3-5-8(11)10(7)12/h3-5H,2,6H2,1H3. The molecule has 0 aliphatic rings. The highest BCUT2D eigenvalue weighted by Gasteiger charge is 2.08. The molecule has 0 heterocycles. The van der Waals surface area contributed by atoms with E-state index in [0.29, 0.717) is 11.6 Å². The zero-order valence-electron chi connectivity index (χ0n) is 7.72. The van der Waals surface area contributed by atoms with E-state index in [0.717, 1.165) is 9.13 Å². The second-order valence-electron chi connectivity index (χ2n) is 2.69. The van der Waals surface area contributed by atoms with Gasteiger partial charge in [-0.2, -0.15) is 0 Å². The molecule has 14 heavy (non-hydrogen) atoms. The van der Waals surface area contributed by atoms with Crippen LogP contribution < -0.4 is 0 Å². The maximum absolute atomic E-state index is 11.2. The van der Waals surface area contributed by atoms with Crippen molar-refractivity contribution in [3.05, 3.63) is 32.4 Å². The molecule has 0 aliphatic carbocycles. The molecule has 2 nitrogen and oxygen atoms in total. The van der Waals surface area contributed by atoms with Crippen molar-refractivity contribution in [1.29, 1.82) is 0 Å². The summed E-state index contributed by atoms with van der Waals surface area (Å²) in [7, 11) is 0. The number of ether oxygens (including phenoxy) is 1. The first-order chi connectivity index (χ1) is 6.65. The fourth-order valence-electron chi connectivity index (χ4n) is 1.05. The molecule has 4 heteroatoms. The Morgan fingerprint density at radius 3 is 2.93 bits per heavy atom. The Morgan fingerprint density at radius 1 is 1.57 bits per heavy atom. The van der Waals surface area contributed by atoms with Crippen LogP contribution in [0.15, 0.2) is 18.2 Å². The van der Waals surface area contributed by atoms with Crippen LogP contribution in [-0.2, 0) is 16.0 Å². The molecule has 0 saturated heterocycles. The average molecular weight is 325 g/mol. The number of hydrogen-bond donors (Lipinski definition) is 0. The van der Waals surface area contributed by atoms with E-state index in [9.17, 15) is 4.79 Å². The highest BCUT2D eigenvalue weighted by molar-refractivity contribution is 14.1. The van der Waals surface area contributed by atoms with Gasteiger partial charge >= 0.3 is 5.97 Å². The van der Waals surface area contributed by atoms with Gasteiger partial charge in [0.1, 0.15) is 0 Å². The minimum absolute atomic E-state index is 0.215. The molecule has 0 spiro atoms. The minimum Gasteiger partial charge on any atom is -0.466 e. The van der Waals surface area contributed by atoms with E-state index in [2.05, 4.69) is 22.6 Å². The molecule has 0 aliphatic heterocycles. The van der Waals surface area contributed by atoms with Crippen molar-refractivity contribution in [2.75, 3.05) is 6.61 Å². The van der Waals surface area contributed by atoms with Gasteiger partial charge in [0.2, 0.25) is 0 Å². The normalized spacial score (nSPS) is 9.93. The van der Waals surface area contributed by atoms with Gasteiger partial charge < -0.3 is 4.74 Å². The summed E-state index contributed by atoms with van der Waals surface area (Å²) in [6.45, 7) is 2.21. The summed E-state index contributed by atoms with van der Waals surface area (Å²) in [5.41, 5.74) is 0.913. The zero-order valence-corrected chi connectivity index (χ0v) is 10.6. The van der Waals surface area contributed by atoms with Gasteiger partial charge in [0.05, 0.1) is 18.1 Å². The van der Waals surface area contributed by atoms with Crippen molar-refractivity contribution in [1.82, 2.24) is 0 Å². The highest BCUT2D eigenvalue weighted by Crippen LogP contribution is 2.22. The molecule has 0 radical (unpaired) electrons. The van der Waals surface area contributed by atoms with Crippen LogP contribution in [0.1, 0.15) is 12.5 Å². The van der Waals surface area contributed by atoms with Crippen LogP contribution in [0.2, 0.25) is 5.02 Å². The van der Waals surface area contributed by atoms with Crippen LogP contribution in [0.25, 0.3) is 0 Å². The topological polar surface area (TPSA) is 26.3 Å². The Labute approximate surface area is 102 Å². The van der Waals surface area contributed by atoms with Crippen LogP contribution >= 0.6 is 34.2 Å². The van der Waals surface area contributed by atoms with Crippen LogP contribution in [0.3, 0.4) is 0 Å². The second-order valence-corrected chi connectivity index (χ2v) is 4.18. The predicted octanol–water partition coefficient (Wildman–Crippen LogP) is 3.05. The smallest absolute Gasteiger partial charge is 0.310 e. The third kappa shape index (κ3) is 3.13. The molecule has 76 valence electrons. The Balaban J connectivity index is 2.76. The number of halogens is 2. The number of carbonyl (C=O) groups is 1. The quantitative estimate of drug-likeness (QED) is 0.631. The zero-order chi connectivity index (χ0) is 10.6. The number of esters is 1. The highest BCUT2D eigenvalue weighted by atomic mass is 127. The molecule has 0 atom stereocenters. The number of rotatable bonds is 3. The molecule has 1 rings (SSSR count). The summed E-state index contributed by atoms with van der Waals surface area (Å²) in [5.74, 6) is -0.215. The first-order valence-electron chi connectivity index (χ1n) is 4.23. The first kappa shape index (κ1) is 11.8. The largest absolute Gasteiger partial charge is 0.466 e. The van der Waals surface area contributed by atoms with Crippen molar-refractivity contribution < 1.29 is 9.53 Å². The Morgan fingerprint density at radius 2 is 2.29 bits per heavy atom. The van der Waals surface area contributed by atoms with Gasteiger partial charge in [-0.25, -0.2) is 0 Å². The molecule has 0 unspecified atom stereocenters. The summed E-state index contributed by atoms with van der Waals surface area (Å²) in [4.78, 5) is 11.2. The number of carbonyl (C=O) groups excluding carboxylic acids is 1. The molecule has 1 aromatic carbocycles. The monoisotopic (exact) mass is 324 g/mol. The van der Waals surface area contributed by atoms with E-state index in [1.807, 2.05) is 12.1 Å². The molecule has 0 N–H and O–H groups in total. The van der Waals surface area contributed by atoms with E-state index in [1.165, 1.54) is 0 Å². The maximum atomic E-state index is 11.2. The van der Waals surface area contributed by atoms with Gasteiger partial charge in [0, 0.05) is 3.57 Å². The van der Waals surface area contributed by atoms with Crippen molar-refractivity contribution in [3.8, 4) is 0 Å². The molecule has 0 amide bonds. The van der Waals surface area contributed by atoms with E-state index < -0.39 is 0 Å². The SMILES string of the molecule is CCOC(=O)Cc1cccc(Cl)c1I. The van der Waals surface area contributed by atoms with Gasteiger partial charge in [-0.15, -0.1) is 0 Å². The van der Waals surface area contributed by atoms with Crippen molar-refractivity contribution in [2.45, 2.75) is 13.3 Å². The van der Waals surface area contributed by atoms with Crippen molar-refractivity contribution >= 4 is 40.2 Å². The molecular weight excluding hydrogens is 314 g/mol. The lowest BCUT2D eigenvalue weighted by molar-refractivity contribution is -0.142. The molecule has 0 aromatic heterocycles. The number of hydrogen-bond acceptors (Lipinski definition) is 2. The van der Waals surface area contributed by atoms with E-state index in [4.69, 9.17) is 16.3 Å². The van der Waals surface area contributed by atoms with E-state index in [-0.39, 0.29) is 12.4 Å². The first-order valence-corrected chi connectivity index (χ1v) is 5.69. The second kappa shape index (κ2) is 5.56. The predicted molar refractivity (Wildman–Crippen MR) is 64.5 cm³/mol. The molecule has 0 bridgehead atoms. The van der Waals surface area contributed by atoms with Crippen molar-refractivity contribution in [3.63, 3.8) is 0 Å². The lowest BCUT2D eigenvalue weighted by atomic mass is 10.1. The van der Waals surface area contributed by atoms with Gasteiger partial charge in [-0.05, 0) is 41.1 Å². The Bertz CT molecular complexity index is 339. The maximum Gasteiger partial charge on any atom is 0.310 e. The van der Waals surface area contributed by atoms with Gasteiger partial charge in [0.15, 0.2) is 0 Å². The average Bonchev–Trinajstić information content (AvgIpc) is 2.13. The fourth-order valence-corrected chi connectivity index (χ4v) is 1.80. The summed E-state index contributed by atoms with van der Waals surface area (Å²) >= 11 is 8.04. The summed E-state index contributed by atoms with van der Waals surface area (Å²) in [5, 5.41) is 0.674. The number of benzene rings is 1. The van der Waals surface area contributed by atoms with Crippen LogP contribution in [-0.4, -0.2) is 12.6 Å². The van der Waals surface area contributed by atoms with Gasteiger partial charge in [-0.3, -0.25) is 4.79 Å². The summed E-state index contributed by atoms with van der Waals surface area (Å²) in [6, 6.07) is 5.52. The molecule has 0 fully saturated rings. The van der Waals surface area contributed by atoms with Crippen LogP contribution in [0.5, 0.6) is 0 Å². The third-order valence-corrected chi connectivity index (χ3v) is 3.58. The Hall–Kier alpha value is -0.290. The minimum atomic E-state index is -0.215. The van der Waals surface area contributed by atoms with Crippen LogP contribution in [0, 0.1) is 3.57 Å². The molecular formula is C10H10ClIO2. The van der Waals surface area contributed by atoms with E-state index in [1.54, 1.807) is 13.0 Å². The molecule has 0 saturated carbocycles. The van der Waals surface area contributed by atoms with Gasteiger partial charge in [0.25, 0.3) is 0 Å². The summed E-state index contributed by atoms with van der Waals surface area (Å²) < 4.78 is 5.77. The Kier molecular flexibility index (Phi) is 4.68. The van der Waals surface area contributed by atoms with Crippen LogP contribution in [0.4, 0.5) is 0 Å². The van der Waals surface area contributed by atoms with Gasteiger partial charge in [-0.1, -0.05) is 23.7 Å². The van der Waals surface area contributed by atoms with Crippen molar-refractivity contribution in [2.24, 2.45) is 0 Å². The fraction of sp³-hybridized carbons (Fsp3) is 0.300. The lowest BCUT2D eigenvalue weighted by Crippen LogP contribution is -2.08. The third-order valence-electron chi connectivity index (χ3n) is 1.67.